The van der Waals surface area contributed by atoms with Gasteiger partial charge >= 0.3 is 0 Å². The summed E-state index contributed by atoms with van der Waals surface area (Å²) in [6, 6.07) is 5.96. The highest BCUT2D eigenvalue weighted by molar-refractivity contribution is 9.11. The molecule has 15 heavy (non-hydrogen) atoms. The fourth-order valence-electron chi connectivity index (χ4n) is 2.33. The molecule has 82 valence electrons. The van der Waals surface area contributed by atoms with Crippen LogP contribution >= 0.6 is 31.9 Å². The average Bonchev–Trinajstić information content (AvgIpc) is 2.18. The lowest BCUT2D eigenvalue weighted by atomic mass is 9.80. The lowest BCUT2D eigenvalue weighted by molar-refractivity contribution is -0.00194. The standard InChI is InChI=1S/C12H14Br2O/c13-9-5-4-6-10(14)11(9)12(15)7-2-1-3-8-12/h4-6,15H,1-3,7-8H2. The number of benzene rings is 1. The van der Waals surface area contributed by atoms with E-state index in [1.165, 1.54) is 6.42 Å². The molecule has 3 heteroatoms. The molecule has 0 bridgehead atoms. The molecule has 1 aromatic carbocycles. The van der Waals surface area contributed by atoms with Crippen molar-refractivity contribution in [3.63, 3.8) is 0 Å². The zero-order chi connectivity index (χ0) is 10.9. The van der Waals surface area contributed by atoms with Crippen LogP contribution in [0.1, 0.15) is 37.7 Å². The minimum Gasteiger partial charge on any atom is -0.385 e. The second-order valence-corrected chi connectivity index (χ2v) is 5.90. The van der Waals surface area contributed by atoms with Crippen LogP contribution in [0, 0.1) is 0 Å². The predicted octanol–water partition coefficient (Wildman–Crippen LogP) is 4.36. The maximum absolute atomic E-state index is 10.6. The largest absolute Gasteiger partial charge is 0.385 e. The molecular formula is C12H14Br2O. The predicted molar refractivity (Wildman–Crippen MR) is 68.8 cm³/mol. The Balaban J connectivity index is 2.42. The first kappa shape index (κ1) is 11.6. The van der Waals surface area contributed by atoms with Gasteiger partial charge in [0, 0.05) is 14.5 Å². The van der Waals surface area contributed by atoms with E-state index in [0.29, 0.717) is 0 Å². The fraction of sp³-hybridized carbons (Fsp3) is 0.500. The molecule has 0 radical (unpaired) electrons. The van der Waals surface area contributed by atoms with Crippen molar-refractivity contribution in [2.45, 2.75) is 37.7 Å². The topological polar surface area (TPSA) is 20.2 Å². The normalized spacial score (nSPS) is 20.2. The molecule has 0 amide bonds. The van der Waals surface area contributed by atoms with Crippen molar-refractivity contribution in [3.8, 4) is 0 Å². The summed E-state index contributed by atoms with van der Waals surface area (Å²) < 4.78 is 2.00. The number of hydrogen-bond acceptors (Lipinski definition) is 1. The van der Waals surface area contributed by atoms with E-state index in [4.69, 9.17) is 0 Å². The smallest absolute Gasteiger partial charge is 0.0918 e. The van der Waals surface area contributed by atoms with Gasteiger partial charge in [-0.1, -0.05) is 57.2 Å². The molecule has 0 atom stereocenters. The van der Waals surface area contributed by atoms with Gasteiger partial charge in [-0.05, 0) is 25.0 Å². The summed E-state index contributed by atoms with van der Waals surface area (Å²) in [6.07, 6.45) is 5.21. The van der Waals surface area contributed by atoms with Gasteiger partial charge in [0.1, 0.15) is 0 Å². The highest BCUT2D eigenvalue weighted by Gasteiger charge is 2.34. The summed E-state index contributed by atoms with van der Waals surface area (Å²) in [7, 11) is 0. The van der Waals surface area contributed by atoms with Gasteiger partial charge in [0.25, 0.3) is 0 Å². The fourth-order valence-corrected chi connectivity index (χ4v) is 4.07. The van der Waals surface area contributed by atoms with Crippen LogP contribution in [-0.4, -0.2) is 5.11 Å². The molecule has 0 heterocycles. The summed E-state index contributed by atoms with van der Waals surface area (Å²) in [5.41, 5.74) is 0.377. The van der Waals surface area contributed by atoms with Crippen molar-refractivity contribution in [3.05, 3.63) is 32.7 Å². The van der Waals surface area contributed by atoms with Gasteiger partial charge in [-0.2, -0.15) is 0 Å². The van der Waals surface area contributed by atoms with Crippen LogP contribution in [0.5, 0.6) is 0 Å². The molecule has 1 saturated carbocycles. The first-order valence-corrected chi connectivity index (χ1v) is 6.89. The second kappa shape index (κ2) is 4.56. The Labute approximate surface area is 107 Å². The third-order valence-corrected chi connectivity index (χ3v) is 4.43. The van der Waals surface area contributed by atoms with Crippen LogP contribution in [0.2, 0.25) is 0 Å². The van der Waals surface area contributed by atoms with Gasteiger partial charge in [-0.25, -0.2) is 0 Å². The van der Waals surface area contributed by atoms with E-state index in [0.717, 1.165) is 40.2 Å². The SMILES string of the molecule is OC1(c2c(Br)cccc2Br)CCCCC1. The molecule has 0 aromatic heterocycles. The van der Waals surface area contributed by atoms with Gasteiger partial charge in [0.05, 0.1) is 5.60 Å². The summed E-state index contributed by atoms with van der Waals surface area (Å²) in [5, 5.41) is 10.6. The Morgan fingerprint density at radius 1 is 1.00 bits per heavy atom. The second-order valence-electron chi connectivity index (χ2n) is 4.19. The third kappa shape index (κ3) is 2.29. The molecule has 1 nitrogen and oxygen atoms in total. The summed E-state index contributed by atoms with van der Waals surface area (Å²) in [5.74, 6) is 0. The lowest BCUT2D eigenvalue weighted by Crippen LogP contribution is -2.29. The van der Waals surface area contributed by atoms with E-state index in [2.05, 4.69) is 31.9 Å². The molecule has 1 aliphatic rings. The Morgan fingerprint density at radius 3 is 2.07 bits per heavy atom. The zero-order valence-corrected chi connectivity index (χ0v) is 11.6. The van der Waals surface area contributed by atoms with Gasteiger partial charge in [0.2, 0.25) is 0 Å². The molecule has 0 aliphatic heterocycles. The van der Waals surface area contributed by atoms with E-state index < -0.39 is 5.60 Å². The first-order valence-electron chi connectivity index (χ1n) is 5.30. The quantitative estimate of drug-likeness (QED) is 0.809. The van der Waals surface area contributed by atoms with Crippen LogP contribution in [0.15, 0.2) is 27.1 Å². The molecule has 2 rings (SSSR count). The van der Waals surface area contributed by atoms with E-state index >= 15 is 0 Å². The van der Waals surface area contributed by atoms with Crippen molar-refractivity contribution in [2.24, 2.45) is 0 Å². The Hall–Kier alpha value is 0.140. The molecule has 1 aliphatic carbocycles. The maximum Gasteiger partial charge on any atom is 0.0918 e. The third-order valence-electron chi connectivity index (χ3n) is 3.11. The van der Waals surface area contributed by atoms with Crippen LogP contribution in [0.3, 0.4) is 0 Å². The maximum atomic E-state index is 10.6. The van der Waals surface area contributed by atoms with Crippen molar-refractivity contribution in [1.82, 2.24) is 0 Å². The zero-order valence-electron chi connectivity index (χ0n) is 8.47. The first-order chi connectivity index (χ1) is 7.13. The molecule has 0 unspecified atom stereocenters. The molecule has 1 aromatic rings. The summed E-state index contributed by atoms with van der Waals surface area (Å²) in [4.78, 5) is 0. The summed E-state index contributed by atoms with van der Waals surface area (Å²) in [6.45, 7) is 0. The Morgan fingerprint density at radius 2 is 1.53 bits per heavy atom. The van der Waals surface area contributed by atoms with Crippen molar-refractivity contribution < 1.29 is 5.11 Å². The van der Waals surface area contributed by atoms with Crippen LogP contribution in [0.25, 0.3) is 0 Å². The van der Waals surface area contributed by atoms with Crippen molar-refractivity contribution in [2.75, 3.05) is 0 Å². The van der Waals surface area contributed by atoms with Gasteiger partial charge in [-0.3, -0.25) is 0 Å². The van der Waals surface area contributed by atoms with Gasteiger partial charge < -0.3 is 5.11 Å². The van der Waals surface area contributed by atoms with Gasteiger partial charge in [-0.15, -0.1) is 0 Å². The molecule has 1 N–H and O–H groups in total. The minimum absolute atomic E-state index is 0.642. The van der Waals surface area contributed by atoms with Crippen molar-refractivity contribution in [1.29, 1.82) is 0 Å². The Bertz CT molecular complexity index is 336. The molecule has 0 spiro atoms. The lowest BCUT2D eigenvalue weighted by Gasteiger charge is -2.34. The van der Waals surface area contributed by atoms with Crippen LogP contribution < -0.4 is 0 Å². The number of aliphatic hydroxyl groups is 1. The van der Waals surface area contributed by atoms with E-state index in [-0.39, 0.29) is 0 Å². The van der Waals surface area contributed by atoms with E-state index in [1.807, 2.05) is 18.2 Å². The van der Waals surface area contributed by atoms with Crippen molar-refractivity contribution >= 4 is 31.9 Å². The number of hydrogen-bond donors (Lipinski definition) is 1. The molecule has 0 saturated heterocycles. The highest BCUT2D eigenvalue weighted by Crippen LogP contribution is 2.43. The van der Waals surface area contributed by atoms with Gasteiger partial charge in [0.15, 0.2) is 0 Å². The van der Waals surface area contributed by atoms with E-state index in [1.54, 1.807) is 0 Å². The Kier molecular flexibility index (Phi) is 3.53. The van der Waals surface area contributed by atoms with Crippen LogP contribution in [0.4, 0.5) is 0 Å². The van der Waals surface area contributed by atoms with Crippen LogP contribution in [-0.2, 0) is 5.60 Å². The number of rotatable bonds is 1. The summed E-state index contributed by atoms with van der Waals surface area (Å²) >= 11 is 7.06. The monoisotopic (exact) mass is 332 g/mol. The minimum atomic E-state index is -0.642. The molecule has 1 fully saturated rings. The molecular weight excluding hydrogens is 320 g/mol. The highest BCUT2D eigenvalue weighted by atomic mass is 79.9. The number of halogens is 2. The van der Waals surface area contributed by atoms with E-state index in [9.17, 15) is 5.11 Å². The average molecular weight is 334 g/mol.